The van der Waals surface area contributed by atoms with Crippen LogP contribution in [0.3, 0.4) is 0 Å². The Balaban J connectivity index is 3.48. The summed E-state index contributed by atoms with van der Waals surface area (Å²) in [5.74, 6) is -0.121. The number of hydrogen-bond donors (Lipinski definition) is 1. The van der Waals surface area contributed by atoms with Gasteiger partial charge < -0.3 is 9.90 Å². The molecule has 2 atom stereocenters. The van der Waals surface area contributed by atoms with Crippen LogP contribution in [-0.2, 0) is 9.59 Å². The van der Waals surface area contributed by atoms with Gasteiger partial charge in [-0.2, -0.15) is 0 Å². The molecule has 0 saturated carbocycles. The molecule has 0 fully saturated rings. The number of unbranched alkanes of at least 4 members (excludes halogenated alkanes) is 1. The largest absolute Gasteiger partial charge is 0.481 e. The zero-order chi connectivity index (χ0) is 12.6. The molecule has 0 amide bonds. The Morgan fingerprint density at radius 3 is 2.19 bits per heavy atom. The van der Waals surface area contributed by atoms with Crippen molar-refractivity contribution in [3.8, 4) is 0 Å². The minimum absolute atomic E-state index is 0.236. The number of carboxylic acids is 1. The predicted molar refractivity (Wildman–Crippen MR) is 64.3 cm³/mol. The first-order valence-corrected chi connectivity index (χ1v) is 6.15. The first-order valence-electron chi connectivity index (χ1n) is 6.15. The second-order valence-electron chi connectivity index (χ2n) is 4.87. The van der Waals surface area contributed by atoms with Crippen molar-refractivity contribution in [1.29, 1.82) is 0 Å². The van der Waals surface area contributed by atoms with Gasteiger partial charge in [0.05, 0.1) is 5.92 Å². The molecule has 1 N–H and O–H groups in total. The van der Waals surface area contributed by atoms with Gasteiger partial charge in [0.2, 0.25) is 0 Å². The highest BCUT2D eigenvalue weighted by molar-refractivity contribution is 5.75. The van der Waals surface area contributed by atoms with Gasteiger partial charge >= 0.3 is 5.97 Å². The van der Waals surface area contributed by atoms with Crippen LogP contribution < -0.4 is 0 Å². The molecule has 3 nitrogen and oxygen atoms in total. The Kier molecular flexibility index (Phi) is 7.86. The molecule has 0 rings (SSSR count). The van der Waals surface area contributed by atoms with Gasteiger partial charge in [-0.1, -0.05) is 26.7 Å². The molecule has 0 aromatic heterocycles. The summed E-state index contributed by atoms with van der Waals surface area (Å²) >= 11 is 0. The fourth-order valence-corrected chi connectivity index (χ4v) is 1.67. The van der Waals surface area contributed by atoms with Crippen LogP contribution in [0.25, 0.3) is 0 Å². The van der Waals surface area contributed by atoms with E-state index in [1.54, 1.807) is 13.8 Å². The molecule has 0 aromatic rings. The van der Waals surface area contributed by atoms with Crippen LogP contribution >= 0.6 is 0 Å². The van der Waals surface area contributed by atoms with E-state index in [2.05, 4.69) is 6.92 Å². The molecule has 0 aliphatic carbocycles. The lowest BCUT2D eigenvalue weighted by Gasteiger charge is -2.12. The van der Waals surface area contributed by atoms with Gasteiger partial charge in [0.25, 0.3) is 0 Å². The van der Waals surface area contributed by atoms with Crippen molar-refractivity contribution in [1.82, 2.24) is 0 Å². The number of aliphatic carboxylic acids is 1. The van der Waals surface area contributed by atoms with E-state index >= 15 is 0 Å². The molecule has 94 valence electrons. The first kappa shape index (κ1) is 15.1. The van der Waals surface area contributed by atoms with Crippen LogP contribution in [0.1, 0.15) is 59.3 Å². The molecule has 0 spiro atoms. The summed E-state index contributed by atoms with van der Waals surface area (Å²) in [6.07, 6.45) is 5.53. The predicted octanol–water partition coefficient (Wildman–Crippen LogP) is 3.27. The summed E-state index contributed by atoms with van der Waals surface area (Å²) < 4.78 is 0. The van der Waals surface area contributed by atoms with Gasteiger partial charge in [0.1, 0.15) is 5.78 Å². The molecular formula is C13H24O3. The first-order chi connectivity index (χ1) is 7.43. The van der Waals surface area contributed by atoms with E-state index in [0.717, 1.165) is 32.1 Å². The third kappa shape index (κ3) is 8.45. The highest BCUT2D eigenvalue weighted by Gasteiger charge is 2.12. The monoisotopic (exact) mass is 228 g/mol. The van der Waals surface area contributed by atoms with E-state index in [1.165, 1.54) is 0 Å². The number of Topliss-reactive ketones (excluding diaryl/α,β-unsaturated/α-hetero) is 1. The summed E-state index contributed by atoms with van der Waals surface area (Å²) in [4.78, 5) is 21.3. The van der Waals surface area contributed by atoms with E-state index in [9.17, 15) is 9.59 Å². The van der Waals surface area contributed by atoms with Gasteiger partial charge in [-0.3, -0.25) is 4.79 Å². The molecule has 0 bridgehead atoms. The van der Waals surface area contributed by atoms with Gasteiger partial charge in [-0.25, -0.2) is 0 Å². The van der Waals surface area contributed by atoms with Crippen LogP contribution in [0.15, 0.2) is 0 Å². The Morgan fingerprint density at radius 1 is 1.06 bits per heavy atom. The molecule has 0 aromatic carbocycles. The summed E-state index contributed by atoms with van der Waals surface area (Å²) in [6, 6.07) is 0. The summed E-state index contributed by atoms with van der Waals surface area (Å²) in [5.41, 5.74) is 0. The molecule has 16 heavy (non-hydrogen) atoms. The molecular weight excluding hydrogens is 204 g/mol. The minimum Gasteiger partial charge on any atom is -0.481 e. The van der Waals surface area contributed by atoms with Gasteiger partial charge in [-0.15, -0.1) is 0 Å². The van der Waals surface area contributed by atoms with Crippen molar-refractivity contribution in [2.24, 2.45) is 11.8 Å². The Morgan fingerprint density at radius 2 is 1.69 bits per heavy atom. The Labute approximate surface area is 98.2 Å². The topological polar surface area (TPSA) is 54.4 Å². The molecule has 3 heteroatoms. The zero-order valence-electron chi connectivity index (χ0n) is 10.7. The Bertz CT molecular complexity index is 223. The van der Waals surface area contributed by atoms with E-state index in [4.69, 9.17) is 5.11 Å². The third-order valence-corrected chi connectivity index (χ3v) is 2.99. The second kappa shape index (κ2) is 8.31. The van der Waals surface area contributed by atoms with E-state index in [-0.39, 0.29) is 11.7 Å². The van der Waals surface area contributed by atoms with E-state index in [0.29, 0.717) is 12.3 Å². The number of rotatable bonds is 9. The lowest BCUT2D eigenvalue weighted by molar-refractivity contribution is -0.141. The number of hydrogen-bond acceptors (Lipinski definition) is 2. The quantitative estimate of drug-likeness (QED) is 0.616. The average molecular weight is 228 g/mol. The average Bonchev–Trinajstić information content (AvgIpc) is 2.20. The number of carbonyl (C=O) groups is 2. The van der Waals surface area contributed by atoms with Gasteiger partial charge in [0, 0.05) is 6.42 Å². The van der Waals surface area contributed by atoms with Crippen molar-refractivity contribution in [3.05, 3.63) is 0 Å². The van der Waals surface area contributed by atoms with Crippen LogP contribution in [0.5, 0.6) is 0 Å². The summed E-state index contributed by atoms with van der Waals surface area (Å²) in [5, 5.41) is 8.73. The SMILES string of the molecule is CC(=O)CCCCC(C)CCC(C)C(=O)O. The smallest absolute Gasteiger partial charge is 0.306 e. The Hall–Kier alpha value is -0.860. The molecule has 0 radical (unpaired) electrons. The molecule has 0 heterocycles. The van der Waals surface area contributed by atoms with Crippen molar-refractivity contribution >= 4 is 11.8 Å². The minimum atomic E-state index is -0.705. The van der Waals surface area contributed by atoms with Crippen molar-refractivity contribution in [2.45, 2.75) is 59.3 Å². The molecule has 0 aliphatic rings. The van der Waals surface area contributed by atoms with E-state index < -0.39 is 5.97 Å². The highest BCUT2D eigenvalue weighted by Crippen LogP contribution is 2.18. The summed E-state index contributed by atoms with van der Waals surface area (Å²) in [6.45, 7) is 5.53. The number of carbonyl (C=O) groups excluding carboxylic acids is 1. The lowest BCUT2D eigenvalue weighted by Crippen LogP contribution is -2.10. The molecule has 0 saturated heterocycles. The zero-order valence-corrected chi connectivity index (χ0v) is 10.7. The molecule has 0 aliphatic heterocycles. The maximum Gasteiger partial charge on any atom is 0.306 e. The number of carboxylic acid groups (broad SMARTS) is 1. The van der Waals surface area contributed by atoms with Crippen LogP contribution in [0.4, 0.5) is 0 Å². The second-order valence-corrected chi connectivity index (χ2v) is 4.87. The fraction of sp³-hybridized carbons (Fsp3) is 0.846. The summed E-state index contributed by atoms with van der Waals surface area (Å²) in [7, 11) is 0. The maximum absolute atomic E-state index is 10.7. The van der Waals surface area contributed by atoms with Crippen molar-refractivity contribution < 1.29 is 14.7 Å². The lowest BCUT2D eigenvalue weighted by atomic mass is 9.94. The normalized spacial score (nSPS) is 14.4. The van der Waals surface area contributed by atoms with Gasteiger partial charge in [-0.05, 0) is 32.1 Å². The van der Waals surface area contributed by atoms with E-state index in [1.807, 2.05) is 0 Å². The number of ketones is 1. The van der Waals surface area contributed by atoms with Crippen LogP contribution in [0.2, 0.25) is 0 Å². The van der Waals surface area contributed by atoms with Crippen molar-refractivity contribution in [2.75, 3.05) is 0 Å². The fourth-order valence-electron chi connectivity index (χ4n) is 1.67. The molecule has 2 unspecified atom stereocenters. The maximum atomic E-state index is 10.7. The standard InChI is InChI=1S/C13H24O3/c1-10(6-4-5-7-12(3)14)8-9-11(2)13(15)16/h10-11H,4-9H2,1-3H3,(H,15,16). The van der Waals surface area contributed by atoms with Gasteiger partial charge in [0.15, 0.2) is 0 Å². The third-order valence-electron chi connectivity index (χ3n) is 2.99. The van der Waals surface area contributed by atoms with Crippen molar-refractivity contribution in [3.63, 3.8) is 0 Å². The van der Waals surface area contributed by atoms with Crippen LogP contribution in [0, 0.1) is 11.8 Å². The highest BCUT2D eigenvalue weighted by atomic mass is 16.4. The van der Waals surface area contributed by atoms with Crippen LogP contribution in [-0.4, -0.2) is 16.9 Å².